The van der Waals surface area contributed by atoms with Crippen LogP contribution < -0.4 is 32.0 Å². The molecule has 3 aromatic carbocycles. The molecule has 0 amide bonds. The molecule has 4 atom stereocenters. The predicted molar refractivity (Wildman–Crippen MR) is 188 cm³/mol. The third kappa shape index (κ3) is 9.35. The van der Waals surface area contributed by atoms with Crippen molar-refractivity contribution in [2.24, 2.45) is 27.2 Å². The van der Waals surface area contributed by atoms with Crippen LogP contribution in [0.2, 0.25) is 0 Å². The fourth-order valence-electron chi connectivity index (χ4n) is 4.36. The molecule has 42 heavy (non-hydrogen) atoms. The van der Waals surface area contributed by atoms with Gasteiger partial charge in [0, 0.05) is 17.8 Å². The number of fused-ring (bicyclic) bond motifs is 2. The van der Waals surface area contributed by atoms with E-state index in [9.17, 15) is 0 Å². The number of nitrogens with zero attached hydrogens (tertiary/aromatic N) is 2. The van der Waals surface area contributed by atoms with E-state index in [0.717, 1.165) is 39.7 Å². The molecular formula is C28H38Cl6N6O2. The Kier molecular flexibility index (Phi) is 17.7. The monoisotopic (exact) mass is 700 g/mol. The van der Waals surface area contributed by atoms with Gasteiger partial charge in [0.05, 0.1) is 0 Å². The van der Waals surface area contributed by atoms with Gasteiger partial charge in [-0.3, -0.25) is 0 Å². The molecule has 0 aromatic heterocycles. The highest BCUT2D eigenvalue weighted by Gasteiger charge is 2.20. The van der Waals surface area contributed by atoms with E-state index in [1.807, 2.05) is 50.2 Å². The van der Waals surface area contributed by atoms with Gasteiger partial charge in [-0.2, -0.15) is 0 Å². The van der Waals surface area contributed by atoms with Crippen molar-refractivity contribution in [2.75, 3.05) is 5.32 Å². The Balaban J connectivity index is 0. The van der Waals surface area contributed by atoms with Crippen molar-refractivity contribution < 1.29 is 9.47 Å². The Bertz CT molecular complexity index is 1360. The first-order chi connectivity index (χ1) is 17.3. The van der Waals surface area contributed by atoms with Gasteiger partial charge in [0.15, 0.2) is 12.2 Å². The minimum Gasteiger partial charge on any atom is -0.481 e. The van der Waals surface area contributed by atoms with Crippen molar-refractivity contribution in [1.29, 1.82) is 0 Å². The van der Waals surface area contributed by atoms with Crippen LogP contribution in [0.4, 0.5) is 17.1 Å². The van der Waals surface area contributed by atoms with E-state index in [2.05, 4.69) is 46.5 Å². The highest BCUT2D eigenvalue weighted by Crippen LogP contribution is 2.36. The second kappa shape index (κ2) is 17.7. The summed E-state index contributed by atoms with van der Waals surface area (Å²) in [5.41, 5.74) is 24.2. The van der Waals surface area contributed by atoms with Gasteiger partial charge in [0.1, 0.15) is 34.5 Å². The van der Waals surface area contributed by atoms with Gasteiger partial charge < -0.3 is 32.0 Å². The van der Waals surface area contributed by atoms with Crippen molar-refractivity contribution in [1.82, 2.24) is 0 Å². The Morgan fingerprint density at radius 3 is 1.74 bits per heavy atom. The molecule has 4 unspecified atom stereocenters. The van der Waals surface area contributed by atoms with Gasteiger partial charge >= 0.3 is 0 Å². The summed E-state index contributed by atoms with van der Waals surface area (Å²) >= 11 is 0. The second-order valence-corrected chi connectivity index (χ2v) is 9.42. The SMILES string of the molecule is CC1Oc2ccc(NC(C)c3ccc(CC(N)c4ccc5c(c4)N=C(N)C(C)O5)cc3)cc2N=C1N.Cl.Cl.Cl.Cl.Cl.Cl. The summed E-state index contributed by atoms with van der Waals surface area (Å²) in [5, 5.41) is 3.53. The van der Waals surface area contributed by atoms with Gasteiger partial charge in [0.2, 0.25) is 0 Å². The highest BCUT2D eigenvalue weighted by molar-refractivity contribution is 5.91. The van der Waals surface area contributed by atoms with E-state index in [-0.39, 0.29) is 98.7 Å². The lowest BCUT2D eigenvalue weighted by Gasteiger charge is -2.23. The molecule has 14 heteroatoms. The van der Waals surface area contributed by atoms with Crippen LogP contribution in [0.1, 0.15) is 49.5 Å². The number of anilines is 1. The van der Waals surface area contributed by atoms with Crippen LogP contribution in [0.25, 0.3) is 0 Å². The molecule has 0 bridgehead atoms. The summed E-state index contributed by atoms with van der Waals surface area (Å²) in [6, 6.07) is 20.2. The van der Waals surface area contributed by atoms with Crippen LogP contribution in [0.5, 0.6) is 11.5 Å². The van der Waals surface area contributed by atoms with Gasteiger partial charge in [-0.1, -0.05) is 30.3 Å². The van der Waals surface area contributed by atoms with Crippen molar-refractivity contribution in [2.45, 2.75) is 51.5 Å². The number of halogens is 6. The average Bonchev–Trinajstić information content (AvgIpc) is 2.85. The molecule has 3 aromatic rings. The first-order valence-corrected chi connectivity index (χ1v) is 12.2. The number of rotatable bonds is 6. The number of benzene rings is 3. The molecule has 8 nitrogen and oxygen atoms in total. The zero-order valence-electron chi connectivity index (χ0n) is 23.2. The van der Waals surface area contributed by atoms with Crippen LogP contribution in [-0.2, 0) is 6.42 Å². The third-order valence-corrected chi connectivity index (χ3v) is 6.63. The fraction of sp³-hybridized carbons (Fsp3) is 0.286. The number of nitrogens with one attached hydrogen (secondary N) is 1. The molecule has 2 aliphatic heterocycles. The lowest BCUT2D eigenvalue weighted by Crippen LogP contribution is -2.33. The first kappa shape index (κ1) is 41.8. The summed E-state index contributed by atoms with van der Waals surface area (Å²) in [6.45, 7) is 5.90. The molecule has 0 radical (unpaired) electrons. The largest absolute Gasteiger partial charge is 0.481 e. The maximum absolute atomic E-state index is 6.53. The van der Waals surface area contributed by atoms with Crippen LogP contribution in [-0.4, -0.2) is 23.9 Å². The molecular weight excluding hydrogens is 665 g/mol. The molecule has 0 aliphatic carbocycles. The molecule has 2 heterocycles. The third-order valence-electron chi connectivity index (χ3n) is 6.63. The van der Waals surface area contributed by atoms with Gasteiger partial charge in [-0.05, 0) is 74.2 Å². The number of hydrogen-bond acceptors (Lipinski definition) is 8. The van der Waals surface area contributed by atoms with E-state index in [1.54, 1.807) is 0 Å². The van der Waals surface area contributed by atoms with E-state index in [4.69, 9.17) is 26.7 Å². The summed E-state index contributed by atoms with van der Waals surface area (Å²) in [7, 11) is 0. The number of amidine groups is 2. The molecule has 234 valence electrons. The minimum atomic E-state index is -0.218. The number of hydrogen-bond donors (Lipinski definition) is 4. The van der Waals surface area contributed by atoms with Crippen LogP contribution >= 0.6 is 74.4 Å². The minimum absolute atomic E-state index is 0. The zero-order valence-corrected chi connectivity index (χ0v) is 28.1. The Morgan fingerprint density at radius 2 is 1.19 bits per heavy atom. The lowest BCUT2D eigenvalue weighted by atomic mass is 9.97. The number of aliphatic imine (C=N–C) groups is 2. The van der Waals surface area contributed by atoms with E-state index in [0.29, 0.717) is 18.1 Å². The molecule has 7 N–H and O–H groups in total. The maximum atomic E-state index is 6.53. The van der Waals surface area contributed by atoms with Crippen molar-refractivity contribution >= 4 is 103 Å². The van der Waals surface area contributed by atoms with Crippen molar-refractivity contribution in [3.8, 4) is 11.5 Å². The van der Waals surface area contributed by atoms with Crippen LogP contribution in [0.3, 0.4) is 0 Å². The van der Waals surface area contributed by atoms with Gasteiger partial charge in [-0.25, -0.2) is 9.98 Å². The van der Waals surface area contributed by atoms with E-state index >= 15 is 0 Å². The second-order valence-electron chi connectivity index (χ2n) is 9.42. The van der Waals surface area contributed by atoms with Gasteiger partial charge in [-0.15, -0.1) is 74.4 Å². The van der Waals surface area contributed by atoms with E-state index in [1.165, 1.54) is 5.56 Å². The number of ether oxygens (including phenoxy) is 2. The Hall–Kier alpha value is -2.30. The lowest BCUT2D eigenvalue weighted by molar-refractivity contribution is 0.281. The molecule has 0 spiro atoms. The van der Waals surface area contributed by atoms with E-state index < -0.39 is 0 Å². The number of nitrogens with two attached hydrogens (primary N) is 3. The summed E-state index contributed by atoms with van der Waals surface area (Å²) in [4.78, 5) is 8.92. The maximum Gasteiger partial charge on any atom is 0.153 e. The Labute approximate surface area is 284 Å². The zero-order chi connectivity index (χ0) is 25.4. The molecule has 0 saturated carbocycles. The summed E-state index contributed by atoms with van der Waals surface area (Å²) in [6.07, 6.45) is 0.282. The fourth-order valence-corrected chi connectivity index (χ4v) is 4.36. The van der Waals surface area contributed by atoms with Crippen LogP contribution in [0, 0.1) is 0 Å². The predicted octanol–water partition coefficient (Wildman–Crippen LogP) is 7.17. The quantitative estimate of drug-likeness (QED) is 0.215. The molecule has 0 fully saturated rings. The van der Waals surface area contributed by atoms with Crippen LogP contribution in [0.15, 0.2) is 70.6 Å². The van der Waals surface area contributed by atoms with Gasteiger partial charge in [0.25, 0.3) is 0 Å². The Morgan fingerprint density at radius 1 is 0.714 bits per heavy atom. The smallest absolute Gasteiger partial charge is 0.153 e. The summed E-state index contributed by atoms with van der Waals surface area (Å²) < 4.78 is 11.6. The molecule has 2 aliphatic rings. The first-order valence-electron chi connectivity index (χ1n) is 12.2. The summed E-state index contributed by atoms with van der Waals surface area (Å²) in [5.74, 6) is 2.43. The molecule has 5 rings (SSSR count). The van der Waals surface area contributed by atoms with Crippen molar-refractivity contribution in [3.63, 3.8) is 0 Å². The standard InChI is InChI=1S/C28H32N6O2.6ClH/c1-15(32-21-9-11-26-24(14-21)34-28(31)17(3)36-26)19-6-4-18(5-7-19)12-22(29)20-8-10-25-23(13-20)33-27(30)16(2)35-25;;;;;;/h4-11,13-17,22,32H,12,29H2,1-3H3,(H2,30,33)(H2,31,34);6*1H. The highest BCUT2D eigenvalue weighted by atomic mass is 35.5. The van der Waals surface area contributed by atoms with Crippen molar-refractivity contribution in [3.05, 3.63) is 77.4 Å². The molecule has 0 saturated heterocycles. The normalized spacial score (nSPS) is 17.1. The average molecular weight is 703 g/mol. The topological polar surface area (TPSA) is 133 Å².